The van der Waals surface area contributed by atoms with E-state index in [2.05, 4.69) is 10.3 Å². The Labute approximate surface area is 200 Å². The Hall–Kier alpha value is -4.60. The summed E-state index contributed by atoms with van der Waals surface area (Å²) in [5.41, 5.74) is -0.355. The Morgan fingerprint density at radius 1 is 1.03 bits per heavy atom. The minimum Gasteiger partial charge on any atom is -0.495 e. The number of aromatic nitrogens is 1. The first kappa shape index (κ1) is 23.6. The molecule has 0 bridgehead atoms. The highest BCUT2D eigenvalue weighted by molar-refractivity contribution is 6.30. The monoisotopic (exact) mass is 474 g/mol. The van der Waals surface area contributed by atoms with Crippen LogP contribution in [0, 0.1) is 15.5 Å². The molecule has 2 heterocycles. The van der Waals surface area contributed by atoms with E-state index in [1.54, 1.807) is 48.7 Å². The molecule has 35 heavy (non-hydrogen) atoms. The number of ether oxygens (including phenoxy) is 1. The normalized spacial score (nSPS) is 17.7. The number of urea groups is 1. The van der Waals surface area contributed by atoms with Gasteiger partial charge in [0.15, 0.2) is 0 Å². The number of anilines is 1. The number of hydrogen-bond acceptors (Lipinski definition) is 7. The van der Waals surface area contributed by atoms with E-state index in [1.807, 2.05) is 0 Å². The van der Waals surface area contributed by atoms with Crippen LogP contribution in [-0.2, 0) is 22.4 Å². The number of amides is 4. The van der Waals surface area contributed by atoms with E-state index >= 15 is 0 Å². The first-order valence-corrected chi connectivity index (χ1v) is 10.8. The molecule has 4 amide bonds. The van der Waals surface area contributed by atoms with Crippen LogP contribution in [0.2, 0.25) is 0 Å². The van der Waals surface area contributed by atoms with Gasteiger partial charge in [0.25, 0.3) is 11.6 Å². The van der Waals surface area contributed by atoms with Crippen LogP contribution in [0.4, 0.5) is 16.2 Å². The summed E-state index contributed by atoms with van der Waals surface area (Å²) in [4.78, 5) is 55.9. The van der Waals surface area contributed by atoms with Gasteiger partial charge in [-0.05, 0) is 49.1 Å². The third-order valence-electron chi connectivity index (χ3n) is 5.98. The van der Waals surface area contributed by atoms with Crippen LogP contribution in [0.3, 0.4) is 0 Å². The number of nitro groups is 1. The van der Waals surface area contributed by atoms with Crippen LogP contribution in [0.15, 0.2) is 72.9 Å². The maximum Gasteiger partial charge on any atom is 0.335 e. The molecule has 0 aliphatic carbocycles. The van der Waals surface area contributed by atoms with Crippen molar-refractivity contribution in [3.05, 3.63) is 94.3 Å². The molecule has 0 saturated carbocycles. The van der Waals surface area contributed by atoms with Crippen LogP contribution in [0.5, 0.6) is 5.75 Å². The second kappa shape index (κ2) is 9.72. The quantitative estimate of drug-likeness (QED) is 0.300. The zero-order chi connectivity index (χ0) is 25.0. The smallest absolute Gasteiger partial charge is 0.335 e. The standard InChI is InChI=1S/C25H22N4O6/c1-35-21-8-3-2-7-20(21)28-23(31)25(22(30)27-24(28)32,14-13-18-6-4-5-15-26-18)16-17-9-11-19(12-10-17)29(33)34/h2-12,15H,13-14,16H2,1H3,(H,27,30,32)/t25-/m0/s1. The summed E-state index contributed by atoms with van der Waals surface area (Å²) >= 11 is 0. The van der Waals surface area contributed by atoms with Crippen LogP contribution < -0.4 is 15.0 Å². The van der Waals surface area contributed by atoms with Crippen molar-refractivity contribution >= 4 is 29.2 Å². The number of imide groups is 2. The molecule has 2 aromatic carbocycles. The van der Waals surface area contributed by atoms with E-state index in [0.717, 1.165) is 4.90 Å². The van der Waals surface area contributed by atoms with Gasteiger partial charge >= 0.3 is 6.03 Å². The molecule has 1 aliphatic heterocycles. The van der Waals surface area contributed by atoms with Gasteiger partial charge in [-0.1, -0.05) is 30.3 Å². The molecular weight excluding hydrogens is 452 g/mol. The second-order valence-electron chi connectivity index (χ2n) is 8.08. The molecule has 1 fully saturated rings. The predicted octanol–water partition coefficient (Wildman–Crippen LogP) is 3.44. The fraction of sp³-hybridized carbons (Fsp3) is 0.200. The van der Waals surface area contributed by atoms with Crippen molar-refractivity contribution < 1.29 is 24.0 Å². The average molecular weight is 474 g/mol. The highest BCUT2D eigenvalue weighted by Gasteiger charge is 2.54. The summed E-state index contributed by atoms with van der Waals surface area (Å²) in [7, 11) is 1.42. The Balaban J connectivity index is 1.77. The van der Waals surface area contributed by atoms with E-state index in [0.29, 0.717) is 23.4 Å². The zero-order valence-corrected chi connectivity index (χ0v) is 18.8. The topological polar surface area (TPSA) is 132 Å². The highest BCUT2D eigenvalue weighted by Crippen LogP contribution is 2.39. The van der Waals surface area contributed by atoms with Gasteiger partial charge in [-0.3, -0.25) is 30.0 Å². The van der Waals surface area contributed by atoms with Gasteiger partial charge in [0.2, 0.25) is 5.91 Å². The van der Waals surface area contributed by atoms with E-state index in [1.165, 1.54) is 31.4 Å². The van der Waals surface area contributed by atoms with E-state index < -0.39 is 28.2 Å². The van der Waals surface area contributed by atoms with Crippen LogP contribution in [0.25, 0.3) is 0 Å². The lowest BCUT2D eigenvalue weighted by molar-refractivity contribution is -0.384. The third-order valence-corrected chi connectivity index (χ3v) is 5.98. The number of non-ortho nitro benzene ring substituents is 1. The highest BCUT2D eigenvalue weighted by atomic mass is 16.6. The largest absolute Gasteiger partial charge is 0.495 e. The molecular formula is C25H22N4O6. The number of pyridine rings is 1. The maximum atomic E-state index is 14.0. The molecule has 4 rings (SSSR count). The summed E-state index contributed by atoms with van der Waals surface area (Å²) in [6.07, 6.45) is 1.90. The van der Waals surface area contributed by atoms with Crippen LogP contribution >= 0.6 is 0 Å². The maximum absolute atomic E-state index is 14.0. The molecule has 1 atom stereocenters. The molecule has 3 aromatic rings. The first-order chi connectivity index (χ1) is 16.9. The average Bonchev–Trinajstić information content (AvgIpc) is 2.87. The lowest BCUT2D eigenvalue weighted by Crippen LogP contribution is -2.65. The second-order valence-corrected chi connectivity index (χ2v) is 8.08. The fourth-order valence-corrected chi connectivity index (χ4v) is 4.15. The number of nitrogens with one attached hydrogen (secondary N) is 1. The van der Waals surface area contributed by atoms with Gasteiger partial charge in [0.05, 0.1) is 17.7 Å². The van der Waals surface area contributed by atoms with Gasteiger partial charge in [0, 0.05) is 24.0 Å². The van der Waals surface area contributed by atoms with Crippen molar-refractivity contribution in [2.24, 2.45) is 5.41 Å². The van der Waals surface area contributed by atoms with Crippen molar-refractivity contribution in [2.45, 2.75) is 19.3 Å². The number of barbiturate groups is 1. The van der Waals surface area contributed by atoms with Crippen LogP contribution in [-0.4, -0.2) is 34.9 Å². The third kappa shape index (κ3) is 4.58. The Morgan fingerprint density at radius 2 is 1.74 bits per heavy atom. The number of carbonyl (C=O) groups is 3. The first-order valence-electron chi connectivity index (χ1n) is 10.8. The lowest BCUT2D eigenvalue weighted by Gasteiger charge is -2.39. The van der Waals surface area contributed by atoms with Crippen molar-refractivity contribution in [1.29, 1.82) is 0 Å². The summed E-state index contributed by atoms with van der Waals surface area (Å²) in [5.74, 6) is -1.14. The SMILES string of the molecule is COc1ccccc1N1C(=O)NC(=O)[C@](CCc2ccccn2)(Cc2ccc([N+](=O)[O-])cc2)C1=O. The molecule has 10 nitrogen and oxygen atoms in total. The minimum atomic E-state index is -1.66. The summed E-state index contributed by atoms with van der Waals surface area (Å²) in [6, 6.07) is 16.6. The molecule has 1 aromatic heterocycles. The molecule has 0 radical (unpaired) electrons. The lowest BCUT2D eigenvalue weighted by atomic mass is 9.74. The van der Waals surface area contributed by atoms with Gasteiger partial charge in [-0.2, -0.15) is 0 Å². The van der Waals surface area contributed by atoms with E-state index in [9.17, 15) is 24.5 Å². The van der Waals surface area contributed by atoms with E-state index in [4.69, 9.17) is 4.74 Å². The molecule has 0 unspecified atom stereocenters. The van der Waals surface area contributed by atoms with E-state index in [-0.39, 0.29) is 24.2 Å². The molecule has 1 saturated heterocycles. The van der Waals surface area contributed by atoms with Crippen molar-refractivity contribution in [1.82, 2.24) is 10.3 Å². The number of hydrogen-bond donors (Lipinski definition) is 1. The molecule has 178 valence electrons. The number of nitro benzene ring substituents is 1. The fourth-order valence-electron chi connectivity index (χ4n) is 4.15. The Bertz CT molecular complexity index is 1280. The zero-order valence-electron chi connectivity index (χ0n) is 18.8. The summed E-state index contributed by atoms with van der Waals surface area (Å²) in [5, 5.41) is 13.4. The number of methoxy groups -OCH3 is 1. The number of benzene rings is 2. The molecule has 10 heteroatoms. The molecule has 1 N–H and O–H groups in total. The number of nitrogens with zero attached hydrogens (tertiary/aromatic N) is 3. The number of para-hydroxylation sites is 2. The summed E-state index contributed by atoms with van der Waals surface area (Å²) < 4.78 is 5.34. The number of aryl methyl sites for hydroxylation is 1. The van der Waals surface area contributed by atoms with Crippen LogP contribution in [0.1, 0.15) is 17.7 Å². The number of carbonyl (C=O) groups excluding carboxylic acids is 3. The van der Waals surface area contributed by atoms with Gasteiger partial charge in [0.1, 0.15) is 11.2 Å². The van der Waals surface area contributed by atoms with Crippen molar-refractivity contribution in [2.75, 3.05) is 12.0 Å². The van der Waals surface area contributed by atoms with Gasteiger partial charge in [-0.15, -0.1) is 0 Å². The molecule has 0 spiro atoms. The molecule has 1 aliphatic rings. The predicted molar refractivity (Wildman–Crippen MR) is 126 cm³/mol. The minimum absolute atomic E-state index is 0.0601. The van der Waals surface area contributed by atoms with Crippen molar-refractivity contribution in [3.8, 4) is 5.75 Å². The Morgan fingerprint density at radius 3 is 2.40 bits per heavy atom. The number of rotatable bonds is 8. The summed E-state index contributed by atoms with van der Waals surface area (Å²) in [6.45, 7) is 0. The Kier molecular flexibility index (Phi) is 6.54. The van der Waals surface area contributed by atoms with Crippen molar-refractivity contribution in [3.63, 3.8) is 0 Å². The van der Waals surface area contributed by atoms with Gasteiger partial charge in [-0.25, -0.2) is 9.69 Å². The van der Waals surface area contributed by atoms with Gasteiger partial charge < -0.3 is 4.74 Å².